The smallest absolute Gasteiger partial charge is 0.267 e. The number of amides is 2. The first kappa shape index (κ1) is 18.6. The fourth-order valence-corrected chi connectivity index (χ4v) is 3.42. The van der Waals surface area contributed by atoms with Crippen LogP contribution in [0.5, 0.6) is 5.75 Å². The van der Waals surface area contributed by atoms with Gasteiger partial charge in [-0.05, 0) is 36.3 Å². The van der Waals surface area contributed by atoms with Crippen molar-refractivity contribution < 1.29 is 14.3 Å². The summed E-state index contributed by atoms with van der Waals surface area (Å²) in [5, 5.41) is 0. The summed E-state index contributed by atoms with van der Waals surface area (Å²) in [5.74, 6) is 1.22. The van der Waals surface area contributed by atoms with Crippen molar-refractivity contribution in [2.24, 2.45) is 0 Å². The second kappa shape index (κ2) is 8.92. The van der Waals surface area contributed by atoms with Crippen LogP contribution >= 0.6 is 11.8 Å². The summed E-state index contributed by atoms with van der Waals surface area (Å²) in [6, 6.07) is 7.45. The van der Waals surface area contributed by atoms with Crippen LogP contribution in [0, 0.1) is 0 Å². The largest absolute Gasteiger partial charge is 0.494 e. The van der Waals surface area contributed by atoms with Crippen LogP contribution in [-0.2, 0) is 9.59 Å². The fraction of sp³-hybridized carbons (Fsp3) is 0.474. The number of thioether (sulfide) groups is 1. The molecular formula is C19H25NO3S. The summed E-state index contributed by atoms with van der Waals surface area (Å²) in [4.78, 5) is 27.3. The summed E-state index contributed by atoms with van der Waals surface area (Å²) in [5.41, 5.74) is 1.32. The minimum atomic E-state index is -0.174. The van der Waals surface area contributed by atoms with E-state index in [0.717, 1.165) is 36.3 Å². The molecule has 1 aromatic rings. The number of carbonyl (C=O) groups excluding carboxylic acids is 2. The third-order valence-electron chi connectivity index (χ3n) is 3.77. The molecule has 1 aliphatic rings. The van der Waals surface area contributed by atoms with Gasteiger partial charge in [-0.25, -0.2) is 0 Å². The van der Waals surface area contributed by atoms with E-state index in [9.17, 15) is 9.59 Å². The predicted molar refractivity (Wildman–Crippen MR) is 98.9 cm³/mol. The molecule has 1 aromatic carbocycles. The molecule has 0 aromatic heterocycles. The summed E-state index contributed by atoms with van der Waals surface area (Å²) < 4.78 is 5.59. The van der Waals surface area contributed by atoms with Gasteiger partial charge in [-0.3, -0.25) is 14.5 Å². The molecule has 130 valence electrons. The van der Waals surface area contributed by atoms with Gasteiger partial charge in [0.15, 0.2) is 0 Å². The molecule has 0 atom stereocenters. The number of imide groups is 1. The van der Waals surface area contributed by atoms with E-state index in [4.69, 9.17) is 4.74 Å². The van der Waals surface area contributed by atoms with Crippen LogP contribution in [-0.4, -0.2) is 35.6 Å². The minimum Gasteiger partial charge on any atom is -0.494 e. The standard InChI is InChI=1S/C19H25NO3S/c1-4-7-12-20-18(21)16(17(19(20)22)24-6-3)14-8-10-15(11-9-14)23-13-5-2/h8-11H,4-7,12-13H2,1-3H3. The molecule has 2 amide bonds. The van der Waals surface area contributed by atoms with Crippen molar-refractivity contribution in [1.29, 1.82) is 0 Å². The zero-order valence-corrected chi connectivity index (χ0v) is 15.4. The maximum atomic E-state index is 12.8. The maximum Gasteiger partial charge on any atom is 0.267 e. The number of rotatable bonds is 9. The number of unbranched alkanes of at least 4 members (excludes halogenated alkanes) is 1. The highest BCUT2D eigenvalue weighted by atomic mass is 32.2. The van der Waals surface area contributed by atoms with Crippen molar-refractivity contribution in [1.82, 2.24) is 4.90 Å². The molecule has 0 radical (unpaired) electrons. The van der Waals surface area contributed by atoms with Crippen LogP contribution < -0.4 is 4.74 Å². The lowest BCUT2D eigenvalue weighted by molar-refractivity contribution is -0.136. The Bertz CT molecular complexity index is 622. The summed E-state index contributed by atoms with van der Waals surface area (Å²) in [7, 11) is 0. The molecule has 1 heterocycles. The number of hydrogen-bond donors (Lipinski definition) is 0. The Hall–Kier alpha value is -1.75. The molecule has 24 heavy (non-hydrogen) atoms. The van der Waals surface area contributed by atoms with Crippen LogP contribution in [0.1, 0.15) is 45.6 Å². The number of ether oxygens (including phenoxy) is 1. The van der Waals surface area contributed by atoms with Gasteiger partial charge in [0.25, 0.3) is 11.8 Å². The van der Waals surface area contributed by atoms with Gasteiger partial charge in [0.2, 0.25) is 0 Å². The topological polar surface area (TPSA) is 46.6 Å². The Balaban J connectivity index is 2.29. The summed E-state index contributed by atoms with van der Waals surface area (Å²) in [6.07, 6.45) is 2.73. The van der Waals surface area contributed by atoms with Gasteiger partial charge in [-0.2, -0.15) is 0 Å². The van der Waals surface area contributed by atoms with Gasteiger partial charge in [0.1, 0.15) is 5.75 Å². The van der Waals surface area contributed by atoms with E-state index in [0.29, 0.717) is 23.6 Å². The number of hydrogen-bond acceptors (Lipinski definition) is 4. The van der Waals surface area contributed by atoms with Crippen molar-refractivity contribution in [3.63, 3.8) is 0 Å². The van der Waals surface area contributed by atoms with Crippen LogP contribution in [0.25, 0.3) is 5.57 Å². The van der Waals surface area contributed by atoms with E-state index in [1.165, 1.54) is 16.7 Å². The van der Waals surface area contributed by atoms with Gasteiger partial charge in [-0.1, -0.05) is 39.3 Å². The van der Waals surface area contributed by atoms with Crippen LogP contribution in [0.4, 0.5) is 0 Å². The Morgan fingerprint density at radius 3 is 2.29 bits per heavy atom. The van der Waals surface area contributed by atoms with E-state index in [1.807, 2.05) is 31.2 Å². The van der Waals surface area contributed by atoms with Crippen molar-refractivity contribution >= 4 is 29.1 Å². The Morgan fingerprint density at radius 2 is 1.71 bits per heavy atom. The molecule has 2 rings (SSSR count). The van der Waals surface area contributed by atoms with Crippen LogP contribution in [0.15, 0.2) is 29.2 Å². The SMILES string of the molecule is CCCCN1C(=O)C(SCC)=C(c2ccc(OCCC)cc2)C1=O. The molecule has 0 unspecified atom stereocenters. The van der Waals surface area contributed by atoms with E-state index in [-0.39, 0.29) is 11.8 Å². The lowest BCUT2D eigenvalue weighted by Gasteiger charge is -2.14. The highest BCUT2D eigenvalue weighted by molar-refractivity contribution is 8.04. The predicted octanol–water partition coefficient (Wildman–Crippen LogP) is 4.11. The van der Waals surface area contributed by atoms with Crippen molar-refractivity contribution in [3.05, 3.63) is 34.7 Å². The van der Waals surface area contributed by atoms with E-state index in [2.05, 4.69) is 13.8 Å². The number of benzene rings is 1. The van der Waals surface area contributed by atoms with Gasteiger partial charge in [0, 0.05) is 6.54 Å². The molecule has 4 nitrogen and oxygen atoms in total. The first-order valence-electron chi connectivity index (χ1n) is 8.60. The van der Waals surface area contributed by atoms with Gasteiger partial charge < -0.3 is 4.74 Å². The van der Waals surface area contributed by atoms with Gasteiger partial charge in [0.05, 0.1) is 17.1 Å². The highest BCUT2D eigenvalue weighted by Crippen LogP contribution is 2.36. The average molecular weight is 347 g/mol. The lowest BCUT2D eigenvalue weighted by Crippen LogP contribution is -2.32. The second-order valence-electron chi connectivity index (χ2n) is 5.63. The first-order valence-corrected chi connectivity index (χ1v) is 9.59. The van der Waals surface area contributed by atoms with E-state index < -0.39 is 0 Å². The minimum absolute atomic E-state index is 0.151. The van der Waals surface area contributed by atoms with Crippen LogP contribution in [0.3, 0.4) is 0 Å². The number of nitrogens with zero attached hydrogens (tertiary/aromatic N) is 1. The normalized spacial score (nSPS) is 14.7. The zero-order chi connectivity index (χ0) is 17.5. The van der Waals surface area contributed by atoms with Gasteiger partial charge >= 0.3 is 0 Å². The molecule has 0 fully saturated rings. The van der Waals surface area contributed by atoms with E-state index >= 15 is 0 Å². The molecule has 0 aliphatic carbocycles. The maximum absolute atomic E-state index is 12.8. The fourth-order valence-electron chi connectivity index (χ4n) is 2.54. The van der Waals surface area contributed by atoms with Crippen molar-refractivity contribution in [3.8, 4) is 5.75 Å². The second-order valence-corrected chi connectivity index (χ2v) is 6.90. The third-order valence-corrected chi connectivity index (χ3v) is 4.72. The van der Waals surface area contributed by atoms with Crippen LogP contribution in [0.2, 0.25) is 0 Å². The third kappa shape index (κ3) is 4.01. The van der Waals surface area contributed by atoms with Crippen molar-refractivity contribution in [2.75, 3.05) is 18.9 Å². The average Bonchev–Trinajstić information content (AvgIpc) is 2.82. The monoisotopic (exact) mass is 347 g/mol. The lowest BCUT2D eigenvalue weighted by atomic mass is 10.1. The highest BCUT2D eigenvalue weighted by Gasteiger charge is 2.38. The quantitative estimate of drug-likeness (QED) is 0.631. The molecule has 0 spiro atoms. The molecule has 0 N–H and O–H groups in total. The Morgan fingerprint density at radius 1 is 1.00 bits per heavy atom. The number of carbonyl (C=O) groups is 2. The molecule has 5 heteroatoms. The molecule has 0 bridgehead atoms. The van der Waals surface area contributed by atoms with E-state index in [1.54, 1.807) is 0 Å². The summed E-state index contributed by atoms with van der Waals surface area (Å²) >= 11 is 1.45. The summed E-state index contributed by atoms with van der Waals surface area (Å²) in [6.45, 7) is 7.25. The Labute approximate surface area is 148 Å². The first-order chi connectivity index (χ1) is 11.6. The molecule has 0 saturated carbocycles. The van der Waals surface area contributed by atoms with Gasteiger partial charge in [-0.15, -0.1) is 11.8 Å². The molecule has 1 aliphatic heterocycles. The molecule has 0 saturated heterocycles. The Kier molecular flexibility index (Phi) is 6.91. The van der Waals surface area contributed by atoms with Crippen molar-refractivity contribution in [2.45, 2.75) is 40.0 Å². The molecular weight excluding hydrogens is 322 g/mol. The zero-order valence-electron chi connectivity index (χ0n) is 14.6.